The summed E-state index contributed by atoms with van der Waals surface area (Å²) in [4.78, 5) is 9.24. The normalized spacial score (nSPS) is 11.5. The molecule has 4 aromatic rings. The van der Waals surface area contributed by atoms with Crippen molar-refractivity contribution in [3.05, 3.63) is 47.0 Å². The molecule has 0 aliphatic rings. The number of aryl methyl sites for hydroxylation is 2. The van der Waals surface area contributed by atoms with Crippen LogP contribution in [0.2, 0.25) is 0 Å². The van der Waals surface area contributed by atoms with Crippen LogP contribution in [0, 0.1) is 13.8 Å². The fourth-order valence-electron chi connectivity index (χ4n) is 2.45. The van der Waals surface area contributed by atoms with Crippen LogP contribution in [-0.4, -0.2) is 9.97 Å². The highest BCUT2D eigenvalue weighted by molar-refractivity contribution is 7.21. The topological polar surface area (TPSA) is 25.8 Å². The lowest BCUT2D eigenvalue weighted by Crippen LogP contribution is -1.83. The van der Waals surface area contributed by atoms with E-state index in [1.165, 1.54) is 26.1 Å². The van der Waals surface area contributed by atoms with Crippen molar-refractivity contribution in [1.29, 1.82) is 0 Å². The summed E-state index contributed by atoms with van der Waals surface area (Å²) in [6.07, 6.45) is 0. The van der Waals surface area contributed by atoms with Gasteiger partial charge in [0.25, 0.3) is 0 Å². The zero-order valence-corrected chi connectivity index (χ0v) is 12.8. The Morgan fingerprint density at radius 3 is 2.80 bits per heavy atom. The zero-order valence-electron chi connectivity index (χ0n) is 11.2. The lowest BCUT2D eigenvalue weighted by atomic mass is 10.1. The number of aromatic nitrogens is 2. The molecule has 2 aromatic carbocycles. The van der Waals surface area contributed by atoms with Crippen molar-refractivity contribution in [1.82, 2.24) is 9.97 Å². The molecule has 0 unspecified atom stereocenters. The minimum atomic E-state index is 1.08. The first-order valence-electron chi connectivity index (χ1n) is 6.43. The van der Waals surface area contributed by atoms with E-state index in [1.807, 2.05) is 5.51 Å². The lowest BCUT2D eigenvalue weighted by molar-refractivity contribution is 1.40. The quantitative estimate of drug-likeness (QED) is 0.483. The van der Waals surface area contributed by atoms with Crippen LogP contribution < -0.4 is 0 Å². The van der Waals surface area contributed by atoms with E-state index in [9.17, 15) is 0 Å². The van der Waals surface area contributed by atoms with Crippen LogP contribution in [0.3, 0.4) is 0 Å². The highest BCUT2D eigenvalue weighted by Crippen LogP contribution is 2.35. The minimum Gasteiger partial charge on any atom is -0.244 e. The molecule has 0 bridgehead atoms. The Labute approximate surface area is 124 Å². The third-order valence-electron chi connectivity index (χ3n) is 3.53. The number of fused-ring (bicyclic) bond motifs is 2. The molecule has 0 saturated carbocycles. The van der Waals surface area contributed by atoms with Crippen molar-refractivity contribution >= 4 is 43.1 Å². The standard InChI is InChI=1S/C16H12N2S2/c1-9-3-5-12-14(7-9)20-16(18-12)11-4-6-13-15(10(11)2)17-8-19-13/h3-8H,1-2H3. The maximum Gasteiger partial charge on any atom is 0.124 e. The van der Waals surface area contributed by atoms with Gasteiger partial charge in [-0.1, -0.05) is 12.1 Å². The summed E-state index contributed by atoms with van der Waals surface area (Å²) in [6, 6.07) is 10.7. The van der Waals surface area contributed by atoms with Gasteiger partial charge >= 0.3 is 0 Å². The van der Waals surface area contributed by atoms with Gasteiger partial charge in [0.15, 0.2) is 0 Å². The van der Waals surface area contributed by atoms with Crippen molar-refractivity contribution in [2.75, 3.05) is 0 Å². The van der Waals surface area contributed by atoms with Crippen LogP contribution in [0.1, 0.15) is 11.1 Å². The van der Waals surface area contributed by atoms with E-state index in [0.717, 1.165) is 16.0 Å². The zero-order chi connectivity index (χ0) is 13.7. The van der Waals surface area contributed by atoms with Crippen molar-refractivity contribution in [2.45, 2.75) is 13.8 Å². The highest BCUT2D eigenvalue weighted by Gasteiger charge is 2.12. The van der Waals surface area contributed by atoms with E-state index in [4.69, 9.17) is 4.98 Å². The Bertz CT molecular complexity index is 934. The van der Waals surface area contributed by atoms with Gasteiger partial charge in [0, 0.05) is 5.56 Å². The predicted molar refractivity (Wildman–Crippen MR) is 87.7 cm³/mol. The van der Waals surface area contributed by atoms with Gasteiger partial charge in [0.2, 0.25) is 0 Å². The maximum atomic E-state index is 4.77. The molecule has 0 spiro atoms. The van der Waals surface area contributed by atoms with Gasteiger partial charge in [0.05, 0.1) is 25.9 Å². The first kappa shape index (κ1) is 12.0. The second-order valence-corrected chi connectivity index (χ2v) is 6.84. The number of nitrogens with zero attached hydrogens (tertiary/aromatic N) is 2. The molecule has 0 aliphatic heterocycles. The van der Waals surface area contributed by atoms with Gasteiger partial charge in [-0.15, -0.1) is 22.7 Å². The Kier molecular flexibility index (Phi) is 2.62. The average molecular weight is 296 g/mol. The van der Waals surface area contributed by atoms with Crippen LogP contribution in [-0.2, 0) is 0 Å². The second-order valence-electron chi connectivity index (χ2n) is 4.93. The Hall–Kier alpha value is -1.78. The molecule has 4 heteroatoms. The first-order valence-corrected chi connectivity index (χ1v) is 8.12. The van der Waals surface area contributed by atoms with Gasteiger partial charge in [-0.05, 0) is 43.2 Å². The molecule has 0 amide bonds. The minimum absolute atomic E-state index is 1.08. The molecule has 20 heavy (non-hydrogen) atoms. The number of hydrogen-bond acceptors (Lipinski definition) is 4. The molecule has 98 valence electrons. The number of hydrogen-bond donors (Lipinski definition) is 0. The molecule has 4 rings (SSSR count). The highest BCUT2D eigenvalue weighted by atomic mass is 32.1. The summed E-state index contributed by atoms with van der Waals surface area (Å²) in [6.45, 7) is 4.25. The molecule has 2 heterocycles. The second kappa shape index (κ2) is 4.36. The molecule has 0 fully saturated rings. The third-order valence-corrected chi connectivity index (χ3v) is 5.38. The summed E-state index contributed by atoms with van der Waals surface area (Å²) < 4.78 is 2.49. The van der Waals surface area contributed by atoms with E-state index in [0.29, 0.717) is 0 Å². The van der Waals surface area contributed by atoms with Crippen molar-refractivity contribution in [3.63, 3.8) is 0 Å². The molecule has 0 aliphatic carbocycles. The van der Waals surface area contributed by atoms with E-state index >= 15 is 0 Å². The summed E-state index contributed by atoms with van der Waals surface area (Å²) in [5.74, 6) is 0. The molecule has 2 nitrogen and oxygen atoms in total. The van der Waals surface area contributed by atoms with E-state index in [2.05, 4.69) is 49.2 Å². The van der Waals surface area contributed by atoms with Crippen LogP contribution in [0.4, 0.5) is 0 Å². The summed E-state index contributed by atoms with van der Waals surface area (Å²) >= 11 is 3.44. The lowest BCUT2D eigenvalue weighted by Gasteiger charge is -2.02. The van der Waals surface area contributed by atoms with Crippen molar-refractivity contribution < 1.29 is 0 Å². The molecular formula is C16H12N2S2. The number of thiazole rings is 2. The van der Waals surface area contributed by atoms with E-state index in [1.54, 1.807) is 22.7 Å². The molecule has 0 saturated heterocycles. The maximum absolute atomic E-state index is 4.77. The Morgan fingerprint density at radius 2 is 1.90 bits per heavy atom. The van der Waals surface area contributed by atoms with Crippen LogP contribution >= 0.6 is 22.7 Å². The molecule has 0 N–H and O–H groups in total. The van der Waals surface area contributed by atoms with E-state index in [-0.39, 0.29) is 0 Å². The predicted octanol–water partition coefficient (Wildman–Crippen LogP) is 5.19. The monoisotopic (exact) mass is 296 g/mol. The fourth-order valence-corrected chi connectivity index (χ4v) is 4.33. The summed E-state index contributed by atoms with van der Waals surface area (Å²) in [7, 11) is 0. The number of rotatable bonds is 1. The molecular weight excluding hydrogens is 284 g/mol. The fraction of sp³-hybridized carbons (Fsp3) is 0.125. The summed E-state index contributed by atoms with van der Waals surface area (Å²) in [5.41, 5.74) is 7.78. The van der Waals surface area contributed by atoms with Gasteiger partial charge in [-0.25, -0.2) is 9.97 Å². The third kappa shape index (κ3) is 1.76. The Morgan fingerprint density at radius 1 is 1.00 bits per heavy atom. The summed E-state index contributed by atoms with van der Waals surface area (Å²) in [5, 5.41) is 1.08. The van der Waals surface area contributed by atoms with Crippen LogP contribution in [0.25, 0.3) is 31.0 Å². The smallest absolute Gasteiger partial charge is 0.124 e. The molecule has 0 atom stereocenters. The first-order chi connectivity index (χ1) is 9.72. The molecule has 2 aromatic heterocycles. The van der Waals surface area contributed by atoms with Crippen molar-refractivity contribution in [2.24, 2.45) is 0 Å². The van der Waals surface area contributed by atoms with Gasteiger partial charge in [-0.3, -0.25) is 0 Å². The largest absolute Gasteiger partial charge is 0.244 e. The SMILES string of the molecule is Cc1ccc2nc(-c3ccc4scnc4c3C)sc2c1. The van der Waals surface area contributed by atoms with Crippen molar-refractivity contribution in [3.8, 4) is 10.6 Å². The van der Waals surface area contributed by atoms with Crippen LogP contribution in [0.15, 0.2) is 35.8 Å². The van der Waals surface area contributed by atoms with Gasteiger partial charge in [0.1, 0.15) is 5.01 Å². The number of benzene rings is 2. The van der Waals surface area contributed by atoms with Crippen LogP contribution in [0.5, 0.6) is 0 Å². The Balaban J connectivity index is 1.98. The van der Waals surface area contributed by atoms with Gasteiger partial charge in [-0.2, -0.15) is 0 Å². The average Bonchev–Trinajstić information content (AvgIpc) is 3.04. The molecule has 0 radical (unpaired) electrons. The van der Waals surface area contributed by atoms with E-state index < -0.39 is 0 Å². The van der Waals surface area contributed by atoms with Gasteiger partial charge < -0.3 is 0 Å².